The molecule has 0 heterocycles. The Balaban J connectivity index is 1.13. The number of benzene rings is 30. The fourth-order valence-corrected chi connectivity index (χ4v) is 22.3. The van der Waals surface area contributed by atoms with Crippen molar-refractivity contribution >= 4 is 312 Å². The molecule has 0 aliphatic carbocycles. The van der Waals surface area contributed by atoms with Crippen LogP contribution >= 0.6 is 0 Å². The summed E-state index contributed by atoms with van der Waals surface area (Å²) >= 11 is 0. The first-order chi connectivity index (χ1) is 39.7. The zero-order valence-corrected chi connectivity index (χ0v) is 41.7. The molecule has 0 heteroatoms. The Hall–Kier alpha value is -10.4. The van der Waals surface area contributed by atoms with Crippen molar-refractivity contribution < 1.29 is 0 Å². The summed E-state index contributed by atoms with van der Waals surface area (Å²) in [5, 5.41) is 85.0. The van der Waals surface area contributed by atoms with Gasteiger partial charge in [-0.05, 0) is 373 Å². The number of rotatable bonds is 0. The number of hydrogen-bond donors (Lipinski definition) is 0. The van der Waals surface area contributed by atoms with Gasteiger partial charge in [0.25, 0.3) is 0 Å². The van der Waals surface area contributed by atoms with E-state index in [1.807, 2.05) is 0 Å². The summed E-state index contributed by atoms with van der Waals surface area (Å²) in [4.78, 5) is 0. The van der Waals surface area contributed by atoms with Crippen molar-refractivity contribution in [2.45, 2.75) is 0 Å². The minimum atomic E-state index is 1.37. The Morgan fingerprint density at radius 3 is 0.263 bits per heavy atom. The summed E-state index contributed by atoms with van der Waals surface area (Å²) in [6.45, 7) is 0. The molecule has 0 nitrogen and oxygen atoms in total. The summed E-state index contributed by atoms with van der Waals surface area (Å²) in [6, 6.07) is 55.6. The minimum Gasteiger partial charge on any atom is -0.0537 e. The molecule has 0 bridgehead atoms. The van der Waals surface area contributed by atoms with Gasteiger partial charge in [0, 0.05) is 0 Å². The SMILES string of the molecule is c1cc2cc3cc4ccc5cc6cc7ccc8cc9ccc%10cc%11cc%12ccc%13cc%14cc%15ccc%16cc1c1c2c2c3c3c4c5c4c6c5c7c8c6c9c%10c7c%11c8c%12c%13c9c%14c%10c%15c%16c1c1c2c2c3c4c3c5c6c7c4c8c9c(c%101)c2c34. The van der Waals surface area contributed by atoms with Crippen LogP contribution < -0.4 is 0 Å². The molecule has 0 N–H and O–H groups in total. The van der Waals surface area contributed by atoms with Gasteiger partial charge in [0.15, 0.2) is 0 Å². The van der Waals surface area contributed by atoms with E-state index in [1.165, 1.54) is 302 Å². The lowest BCUT2D eigenvalue weighted by molar-refractivity contribution is 1.84. The predicted octanol–water partition coefficient (Wildman–Crippen LogP) is 23.3. The molecular weight excluding hydrogens is 961 g/mol. The van der Waals surface area contributed by atoms with Gasteiger partial charge in [0.1, 0.15) is 0 Å². The largest absolute Gasteiger partial charge is 0.0537 e. The quantitative estimate of drug-likeness (QED) is 0.105. The van der Waals surface area contributed by atoms with Crippen LogP contribution in [-0.2, 0) is 0 Å². The maximum absolute atomic E-state index is 2.60. The van der Waals surface area contributed by atoms with Crippen molar-refractivity contribution in [2.75, 3.05) is 0 Å². The van der Waals surface area contributed by atoms with Crippen LogP contribution in [0, 0.1) is 0 Å². The fraction of sp³-hybridized carbons (Fsp3) is 0. The number of hydrogen-bond acceptors (Lipinski definition) is 0. The molecule has 30 aromatic carbocycles. The molecule has 0 atom stereocenters. The van der Waals surface area contributed by atoms with E-state index in [9.17, 15) is 0 Å². The molecule has 0 aliphatic heterocycles. The van der Waals surface area contributed by atoms with Crippen LogP contribution in [0.2, 0.25) is 0 Å². The van der Waals surface area contributed by atoms with Crippen LogP contribution in [0.15, 0.2) is 133 Å². The van der Waals surface area contributed by atoms with Gasteiger partial charge >= 0.3 is 0 Å². The van der Waals surface area contributed by atoms with E-state index in [1.54, 1.807) is 10.8 Å². The smallest absolute Gasteiger partial charge is 0.000000000177 e. The van der Waals surface area contributed by atoms with E-state index in [4.69, 9.17) is 0 Å². The molecule has 0 spiro atoms. The highest BCUT2D eigenvalue weighted by atomic mass is 14.4. The molecule has 0 saturated heterocycles. The molecule has 0 amide bonds. The van der Waals surface area contributed by atoms with Crippen molar-refractivity contribution in [3.8, 4) is 0 Å². The second-order valence-corrected chi connectivity index (χ2v) is 26.5. The molecule has 0 saturated carbocycles. The van der Waals surface area contributed by atoms with E-state index in [0.29, 0.717) is 0 Å². The zero-order chi connectivity index (χ0) is 49.0. The highest BCUT2D eigenvalue weighted by molar-refractivity contribution is 6.74. The van der Waals surface area contributed by atoms with Crippen LogP contribution in [0.3, 0.4) is 0 Å². The van der Waals surface area contributed by atoms with E-state index in [0.717, 1.165) is 0 Å². The zero-order valence-electron chi connectivity index (χ0n) is 41.7. The summed E-state index contributed by atoms with van der Waals surface area (Å²) in [5.41, 5.74) is 0. The van der Waals surface area contributed by atoms with Crippen molar-refractivity contribution in [3.63, 3.8) is 0 Å². The summed E-state index contributed by atoms with van der Waals surface area (Å²) in [6.07, 6.45) is 0. The van der Waals surface area contributed by atoms with Gasteiger partial charge in [-0.25, -0.2) is 0 Å². The average molecular weight is 983 g/mol. The van der Waals surface area contributed by atoms with Crippen LogP contribution in [-0.4, -0.2) is 0 Å². The summed E-state index contributed by atoms with van der Waals surface area (Å²) < 4.78 is 0. The maximum atomic E-state index is 2.60. The maximum Gasteiger partial charge on any atom is -0.000000000177 e. The molecule has 30 aromatic rings. The Morgan fingerprint density at radius 2 is 0.150 bits per heavy atom. The lowest BCUT2D eigenvalue weighted by Crippen LogP contribution is -2.07. The molecule has 80 heavy (non-hydrogen) atoms. The molecule has 30 rings (SSSR count). The van der Waals surface area contributed by atoms with Crippen LogP contribution in [0.25, 0.3) is 312 Å². The van der Waals surface area contributed by atoms with Crippen LogP contribution in [0.4, 0.5) is 0 Å². The van der Waals surface area contributed by atoms with E-state index < -0.39 is 0 Å². The first-order valence-electron chi connectivity index (χ1n) is 29.0. The lowest BCUT2D eigenvalue weighted by atomic mass is 9.66. The fourth-order valence-electron chi connectivity index (χ4n) is 22.3. The average Bonchev–Trinajstić information content (AvgIpc) is 1.09. The topological polar surface area (TPSA) is 0 Å². The first-order valence-corrected chi connectivity index (χ1v) is 29.0. The molecular formula is C80H22. The summed E-state index contributed by atoms with van der Waals surface area (Å²) in [5.74, 6) is 0. The van der Waals surface area contributed by atoms with Crippen LogP contribution in [0.1, 0.15) is 0 Å². The Kier molecular flexibility index (Phi) is 3.83. The first kappa shape index (κ1) is 33.7. The lowest BCUT2D eigenvalue weighted by Gasteiger charge is -2.36. The Labute approximate surface area is 443 Å². The second-order valence-electron chi connectivity index (χ2n) is 26.5. The Bertz CT molecular complexity index is 7190. The van der Waals surface area contributed by atoms with Gasteiger partial charge in [0.05, 0.1) is 0 Å². The third-order valence-corrected chi connectivity index (χ3v) is 24.1. The van der Waals surface area contributed by atoms with E-state index in [2.05, 4.69) is 133 Å². The van der Waals surface area contributed by atoms with E-state index >= 15 is 0 Å². The van der Waals surface area contributed by atoms with Crippen molar-refractivity contribution in [1.29, 1.82) is 0 Å². The monoisotopic (exact) mass is 982 g/mol. The molecule has 0 unspecified atom stereocenters. The predicted molar refractivity (Wildman–Crippen MR) is 349 cm³/mol. The minimum absolute atomic E-state index is 1.37. The van der Waals surface area contributed by atoms with Crippen molar-refractivity contribution in [2.24, 2.45) is 0 Å². The second kappa shape index (κ2) is 9.10. The normalized spacial score (nSPS) is 15.2. The van der Waals surface area contributed by atoms with Gasteiger partial charge in [-0.3, -0.25) is 0 Å². The molecule has 342 valence electrons. The highest BCUT2D eigenvalue weighted by Crippen LogP contribution is 2.71. The third-order valence-electron chi connectivity index (χ3n) is 24.1. The summed E-state index contributed by atoms with van der Waals surface area (Å²) in [7, 11) is 0. The Morgan fingerprint density at radius 1 is 0.0750 bits per heavy atom. The molecule has 0 fully saturated rings. The molecule has 0 aliphatic rings. The van der Waals surface area contributed by atoms with Gasteiger partial charge < -0.3 is 0 Å². The van der Waals surface area contributed by atoms with Gasteiger partial charge in [-0.1, -0.05) is 72.8 Å². The molecule has 0 aromatic heterocycles. The van der Waals surface area contributed by atoms with Crippen molar-refractivity contribution in [1.82, 2.24) is 0 Å². The van der Waals surface area contributed by atoms with Gasteiger partial charge in [-0.2, -0.15) is 0 Å². The van der Waals surface area contributed by atoms with Crippen LogP contribution in [0.5, 0.6) is 0 Å². The van der Waals surface area contributed by atoms with Crippen molar-refractivity contribution in [3.05, 3.63) is 133 Å². The standard InChI is InChI=1S/C80H22/c1-5-27-15-35-19-31-9-10-32-21-37-17-29-7-3-25-14-26-4-8-30-18-38-22-34-12-11-33-20-36-16-28-6-2-24-13-23(1)39-43(27)57-51(35)61-47(31)48(32)63-53(37)59-45(29)41(25)56-42(26)46(30)60-54(38)64-50(34)49(33)62-52(36)58-44(28)40(24)55(39)65-67(57)75-71(61)73(63)77-69(59)66(56)70(60)78-74(64)72(62)76(68(58)65)79(75)80(77)78/h1-22H. The highest BCUT2D eigenvalue weighted by Gasteiger charge is 2.41. The third kappa shape index (κ3) is 2.54. The van der Waals surface area contributed by atoms with Gasteiger partial charge in [0.2, 0.25) is 0 Å². The molecule has 0 radical (unpaired) electrons. The van der Waals surface area contributed by atoms with E-state index in [-0.39, 0.29) is 0 Å². The van der Waals surface area contributed by atoms with Gasteiger partial charge in [-0.15, -0.1) is 0 Å².